The Balaban J connectivity index is 1.38. The molecule has 0 saturated carbocycles. The average Bonchev–Trinajstić information content (AvgIpc) is 3.00. The van der Waals surface area contributed by atoms with Crippen molar-refractivity contribution in [2.45, 2.75) is 56.7 Å². The summed E-state index contributed by atoms with van der Waals surface area (Å²) in [6.45, 7) is 5.20. The van der Waals surface area contributed by atoms with Gasteiger partial charge in [-0.25, -0.2) is 0 Å². The van der Waals surface area contributed by atoms with E-state index in [0.717, 1.165) is 38.9 Å². The van der Waals surface area contributed by atoms with E-state index in [2.05, 4.69) is 39.0 Å². The molecule has 2 saturated heterocycles. The van der Waals surface area contributed by atoms with E-state index < -0.39 is 5.60 Å². The van der Waals surface area contributed by atoms with Crippen molar-refractivity contribution in [3.63, 3.8) is 0 Å². The third-order valence-corrected chi connectivity index (χ3v) is 6.75. The summed E-state index contributed by atoms with van der Waals surface area (Å²) in [7, 11) is 0. The molecule has 0 radical (unpaired) electrons. The summed E-state index contributed by atoms with van der Waals surface area (Å²) < 4.78 is 0. The summed E-state index contributed by atoms with van der Waals surface area (Å²) in [6.07, 6.45) is 6.91. The van der Waals surface area contributed by atoms with Crippen molar-refractivity contribution in [3.05, 3.63) is 35.5 Å². The van der Waals surface area contributed by atoms with Crippen LogP contribution >= 0.6 is 0 Å². The first-order valence-electron chi connectivity index (χ1n) is 10.0. The van der Waals surface area contributed by atoms with Crippen LogP contribution < -0.4 is 0 Å². The second kappa shape index (κ2) is 6.11. The third kappa shape index (κ3) is 2.71. The fraction of sp³-hybridized carbons (Fsp3) is 0.619. The van der Waals surface area contributed by atoms with Gasteiger partial charge in [-0.15, -0.1) is 0 Å². The van der Waals surface area contributed by atoms with Gasteiger partial charge < -0.3 is 10.1 Å². The van der Waals surface area contributed by atoms with Gasteiger partial charge in [0.15, 0.2) is 0 Å². The molecule has 4 nitrogen and oxygen atoms in total. The zero-order valence-corrected chi connectivity index (χ0v) is 15.0. The van der Waals surface area contributed by atoms with Crippen LogP contribution in [0.25, 0.3) is 10.9 Å². The lowest BCUT2D eigenvalue weighted by Crippen LogP contribution is -2.62. The predicted molar refractivity (Wildman–Crippen MR) is 101 cm³/mol. The number of para-hydroxylation sites is 1. The molecule has 5 rings (SSSR count). The van der Waals surface area contributed by atoms with Crippen LogP contribution in [0.15, 0.2) is 24.3 Å². The summed E-state index contributed by atoms with van der Waals surface area (Å²) in [4.78, 5) is 8.66. The van der Waals surface area contributed by atoms with Crippen LogP contribution in [0.4, 0.5) is 0 Å². The van der Waals surface area contributed by atoms with Crippen LogP contribution in [0, 0.1) is 0 Å². The number of nitrogens with one attached hydrogen (secondary N) is 1. The number of piperidine rings is 2. The van der Waals surface area contributed by atoms with E-state index in [0.29, 0.717) is 6.04 Å². The van der Waals surface area contributed by atoms with Gasteiger partial charge in [0.2, 0.25) is 0 Å². The van der Waals surface area contributed by atoms with Gasteiger partial charge in [-0.05, 0) is 50.4 Å². The largest absolute Gasteiger partial charge is 0.387 e. The van der Waals surface area contributed by atoms with Crippen molar-refractivity contribution in [1.29, 1.82) is 0 Å². The molecule has 4 heteroatoms. The van der Waals surface area contributed by atoms with Crippen molar-refractivity contribution in [3.8, 4) is 0 Å². The highest BCUT2D eigenvalue weighted by atomic mass is 16.3. The van der Waals surface area contributed by atoms with Crippen molar-refractivity contribution < 1.29 is 5.11 Å². The molecular weight excluding hydrogens is 310 g/mol. The van der Waals surface area contributed by atoms with Gasteiger partial charge in [0, 0.05) is 48.7 Å². The first kappa shape index (κ1) is 15.9. The first-order valence-corrected chi connectivity index (χ1v) is 10.0. The van der Waals surface area contributed by atoms with Crippen LogP contribution in [0.2, 0.25) is 0 Å². The molecule has 1 aromatic heterocycles. The summed E-state index contributed by atoms with van der Waals surface area (Å²) in [5.41, 5.74) is 3.57. The van der Waals surface area contributed by atoms with E-state index in [4.69, 9.17) is 0 Å². The Labute approximate surface area is 149 Å². The van der Waals surface area contributed by atoms with Crippen LogP contribution in [0.3, 0.4) is 0 Å². The number of benzene rings is 1. The van der Waals surface area contributed by atoms with E-state index in [1.54, 1.807) is 0 Å². The van der Waals surface area contributed by atoms with Crippen LogP contribution in [-0.4, -0.2) is 57.7 Å². The predicted octanol–water partition coefficient (Wildman–Crippen LogP) is 2.91. The van der Waals surface area contributed by atoms with Crippen molar-refractivity contribution in [2.75, 3.05) is 26.2 Å². The monoisotopic (exact) mass is 339 g/mol. The topological polar surface area (TPSA) is 42.5 Å². The van der Waals surface area contributed by atoms with E-state index in [9.17, 15) is 5.11 Å². The average molecular weight is 339 g/mol. The maximum absolute atomic E-state index is 11.5. The van der Waals surface area contributed by atoms with Crippen molar-refractivity contribution in [2.24, 2.45) is 0 Å². The molecule has 2 aromatic rings. The number of aliphatic hydroxyl groups is 1. The number of fused-ring (bicyclic) bond motifs is 4. The highest BCUT2D eigenvalue weighted by molar-refractivity contribution is 5.84. The Hall–Kier alpha value is -1.36. The molecular formula is C21H29N3O. The molecule has 3 aliphatic rings. The zero-order chi connectivity index (χ0) is 16.9. The van der Waals surface area contributed by atoms with Gasteiger partial charge in [0.05, 0.1) is 5.60 Å². The summed E-state index contributed by atoms with van der Waals surface area (Å²) in [5, 5.41) is 12.9. The number of rotatable bonds is 2. The number of aromatic amines is 1. The normalized spacial score (nSPS) is 31.0. The highest BCUT2D eigenvalue weighted by Gasteiger charge is 2.45. The second-order valence-corrected chi connectivity index (χ2v) is 8.34. The van der Waals surface area contributed by atoms with E-state index in [-0.39, 0.29) is 0 Å². The molecule has 0 amide bonds. The minimum Gasteiger partial charge on any atom is -0.387 e. The minimum absolute atomic E-state index is 0.374. The molecule has 2 fully saturated rings. The number of β-amino-alcohol motifs (C(OH)–C–C–N with tert-alkyl or cyclic N) is 1. The molecule has 0 aliphatic carbocycles. The molecule has 2 N–H and O–H groups in total. The Morgan fingerprint density at radius 2 is 2.00 bits per heavy atom. The lowest BCUT2D eigenvalue weighted by molar-refractivity contribution is -0.110. The molecule has 134 valence electrons. The maximum atomic E-state index is 11.5. The molecule has 25 heavy (non-hydrogen) atoms. The smallest absolute Gasteiger partial charge is 0.0928 e. The fourth-order valence-corrected chi connectivity index (χ4v) is 5.55. The van der Waals surface area contributed by atoms with Gasteiger partial charge in [-0.3, -0.25) is 9.80 Å². The van der Waals surface area contributed by atoms with Gasteiger partial charge >= 0.3 is 0 Å². The SMILES string of the molecule is O[C@@]1(CN2CCc3[nH]c4ccccc4c3C2)CCCN2CCCC[C@@H]21. The summed E-state index contributed by atoms with van der Waals surface area (Å²) >= 11 is 0. The van der Waals surface area contributed by atoms with Gasteiger partial charge in [0.1, 0.15) is 0 Å². The fourth-order valence-electron chi connectivity index (χ4n) is 5.55. The highest BCUT2D eigenvalue weighted by Crippen LogP contribution is 2.36. The lowest BCUT2D eigenvalue weighted by Gasteiger charge is -2.51. The Morgan fingerprint density at radius 1 is 1.12 bits per heavy atom. The number of hydrogen-bond acceptors (Lipinski definition) is 3. The molecule has 2 atom stereocenters. The number of nitrogens with zero attached hydrogens (tertiary/aromatic N) is 2. The van der Waals surface area contributed by atoms with Crippen molar-refractivity contribution in [1.82, 2.24) is 14.8 Å². The Bertz CT molecular complexity index is 768. The Morgan fingerprint density at radius 3 is 2.96 bits per heavy atom. The van der Waals surface area contributed by atoms with Crippen LogP contribution in [0.1, 0.15) is 43.4 Å². The number of H-pyrrole nitrogens is 1. The molecule has 4 heterocycles. The standard InChI is InChI=1S/C21H29N3O/c25-21(10-5-12-24-11-4-3-8-20(21)24)15-23-13-9-19-17(14-23)16-6-1-2-7-18(16)22-19/h1-2,6-7,20,22,25H,3-5,8-15H2/t20-,21-/m1/s1. The second-order valence-electron chi connectivity index (χ2n) is 8.34. The van der Waals surface area contributed by atoms with Gasteiger partial charge in [-0.1, -0.05) is 24.6 Å². The Kier molecular flexibility index (Phi) is 3.88. The van der Waals surface area contributed by atoms with E-state index in [1.165, 1.54) is 54.5 Å². The zero-order valence-electron chi connectivity index (χ0n) is 15.0. The van der Waals surface area contributed by atoms with Crippen molar-refractivity contribution >= 4 is 10.9 Å². The third-order valence-electron chi connectivity index (χ3n) is 6.75. The molecule has 0 unspecified atom stereocenters. The number of hydrogen-bond donors (Lipinski definition) is 2. The lowest BCUT2D eigenvalue weighted by atomic mass is 9.79. The van der Waals surface area contributed by atoms with Gasteiger partial charge in [0.25, 0.3) is 0 Å². The molecule has 1 aromatic carbocycles. The molecule has 0 spiro atoms. The quantitative estimate of drug-likeness (QED) is 0.884. The van der Waals surface area contributed by atoms with Crippen LogP contribution in [-0.2, 0) is 13.0 Å². The van der Waals surface area contributed by atoms with Crippen LogP contribution in [0.5, 0.6) is 0 Å². The minimum atomic E-state index is -0.526. The van der Waals surface area contributed by atoms with E-state index >= 15 is 0 Å². The maximum Gasteiger partial charge on any atom is 0.0928 e. The van der Waals surface area contributed by atoms with E-state index in [1.807, 2.05) is 0 Å². The summed E-state index contributed by atoms with van der Waals surface area (Å²) in [6, 6.07) is 9.01. The first-order chi connectivity index (χ1) is 12.2. The number of aromatic nitrogens is 1. The van der Waals surface area contributed by atoms with Gasteiger partial charge in [-0.2, -0.15) is 0 Å². The summed E-state index contributed by atoms with van der Waals surface area (Å²) in [5.74, 6) is 0. The molecule has 0 bridgehead atoms. The molecule has 3 aliphatic heterocycles.